The number of H-pyrrole nitrogens is 1. The molecule has 250 valence electrons. The van der Waals surface area contributed by atoms with E-state index < -0.39 is 17.9 Å². The molecular formula is C36H29ClN2O10. The number of nitrogens with one attached hydrogen (secondary N) is 1. The maximum Gasteiger partial charge on any atom is 0.337 e. The van der Waals surface area contributed by atoms with E-state index in [0.29, 0.717) is 30.1 Å². The van der Waals surface area contributed by atoms with Crippen molar-refractivity contribution in [2.24, 2.45) is 0 Å². The fraction of sp³-hybridized carbons (Fsp3) is 0.111. The highest BCUT2D eigenvalue weighted by molar-refractivity contribution is 6.36. The van der Waals surface area contributed by atoms with Gasteiger partial charge in [-0.2, -0.15) is 0 Å². The molecule has 12 nitrogen and oxygen atoms in total. The van der Waals surface area contributed by atoms with Gasteiger partial charge in [-0.3, -0.25) is 14.4 Å². The molecule has 1 heterocycles. The van der Waals surface area contributed by atoms with Crippen LogP contribution in [0.3, 0.4) is 0 Å². The van der Waals surface area contributed by atoms with Gasteiger partial charge < -0.3 is 29.8 Å². The van der Waals surface area contributed by atoms with Crippen LogP contribution in [0.2, 0.25) is 5.02 Å². The van der Waals surface area contributed by atoms with Crippen LogP contribution in [0, 0.1) is 0 Å². The number of methoxy groups -OCH3 is 1. The third-order valence-corrected chi connectivity index (χ3v) is 7.37. The number of aromatic nitrogens is 2. The molecule has 0 bridgehead atoms. The number of ether oxygens (including phenoxy) is 2. The second-order valence-corrected chi connectivity index (χ2v) is 10.7. The molecule has 1 aliphatic rings. The molecule has 13 heteroatoms. The highest BCUT2D eigenvalue weighted by Crippen LogP contribution is 2.31. The van der Waals surface area contributed by atoms with Crippen LogP contribution >= 0.6 is 11.6 Å². The number of carbonyl (C=O) groups is 5. The topological polar surface area (TPSA) is 193 Å². The first-order valence-electron chi connectivity index (χ1n) is 14.5. The van der Waals surface area contributed by atoms with Crippen LogP contribution in [0.4, 0.5) is 0 Å². The molecule has 0 aliphatic heterocycles. The van der Waals surface area contributed by atoms with Crippen molar-refractivity contribution >= 4 is 41.1 Å². The summed E-state index contributed by atoms with van der Waals surface area (Å²) in [4.78, 5) is 63.2. The summed E-state index contributed by atoms with van der Waals surface area (Å²) in [6.07, 6.45) is 3.84. The molecule has 0 saturated carbocycles. The van der Waals surface area contributed by atoms with Crippen molar-refractivity contribution < 1.29 is 48.8 Å². The Balaban J connectivity index is 0.000000175. The van der Waals surface area contributed by atoms with E-state index in [2.05, 4.69) is 9.97 Å². The molecule has 0 atom stereocenters. The van der Waals surface area contributed by atoms with E-state index in [9.17, 15) is 24.0 Å². The smallest absolute Gasteiger partial charge is 0.337 e. The Kier molecular flexibility index (Phi) is 12.0. The van der Waals surface area contributed by atoms with Crippen molar-refractivity contribution in [3.8, 4) is 11.5 Å². The fourth-order valence-electron chi connectivity index (χ4n) is 4.60. The number of aryl methyl sites for hydroxylation is 1. The lowest BCUT2D eigenvalue weighted by Gasteiger charge is -2.18. The van der Waals surface area contributed by atoms with Gasteiger partial charge in [0.1, 0.15) is 6.61 Å². The number of aromatic carboxylic acids is 2. The van der Waals surface area contributed by atoms with E-state index in [4.69, 9.17) is 36.4 Å². The van der Waals surface area contributed by atoms with Crippen molar-refractivity contribution in [3.05, 3.63) is 147 Å². The lowest BCUT2D eigenvalue weighted by atomic mass is 9.83. The van der Waals surface area contributed by atoms with Crippen LogP contribution in [0.5, 0.6) is 11.5 Å². The monoisotopic (exact) mass is 684 g/mol. The van der Waals surface area contributed by atoms with Gasteiger partial charge in [0.25, 0.3) is 0 Å². The lowest BCUT2D eigenvalue weighted by molar-refractivity contribution is -0.137. The molecule has 1 aromatic heterocycles. The Bertz CT molecular complexity index is 1990. The number of aliphatic carboxylic acids is 1. The molecule has 0 spiro atoms. The van der Waals surface area contributed by atoms with Crippen molar-refractivity contribution in [3.63, 3.8) is 0 Å². The van der Waals surface area contributed by atoms with Gasteiger partial charge in [0, 0.05) is 34.1 Å². The average Bonchev–Trinajstić information content (AvgIpc) is 3.63. The zero-order valence-corrected chi connectivity index (χ0v) is 26.6. The zero-order valence-electron chi connectivity index (χ0n) is 25.9. The third-order valence-electron chi connectivity index (χ3n) is 7.05. The molecule has 0 unspecified atom stereocenters. The second kappa shape index (κ2) is 16.5. The summed E-state index contributed by atoms with van der Waals surface area (Å²) in [5.41, 5.74) is 2.69. The zero-order chi connectivity index (χ0) is 35.5. The first-order valence-corrected chi connectivity index (χ1v) is 14.9. The number of hydrogen-bond donors (Lipinski definition) is 4. The first-order chi connectivity index (χ1) is 23.5. The maximum atomic E-state index is 12.4. The Hall–Kier alpha value is -6.27. The van der Waals surface area contributed by atoms with Crippen molar-refractivity contribution in [1.82, 2.24) is 9.97 Å². The molecule has 1 aliphatic carbocycles. The Morgan fingerprint density at radius 1 is 0.776 bits per heavy atom. The fourth-order valence-corrected chi connectivity index (χ4v) is 4.84. The highest BCUT2D eigenvalue weighted by Gasteiger charge is 2.31. The van der Waals surface area contributed by atoms with E-state index in [1.54, 1.807) is 36.5 Å². The summed E-state index contributed by atoms with van der Waals surface area (Å²) in [6.45, 7) is 0.406. The second-order valence-electron chi connectivity index (χ2n) is 10.3. The van der Waals surface area contributed by atoms with Crippen molar-refractivity contribution in [2.75, 3.05) is 7.11 Å². The van der Waals surface area contributed by atoms with Crippen LogP contribution in [0.1, 0.15) is 70.2 Å². The predicted molar refractivity (Wildman–Crippen MR) is 177 cm³/mol. The van der Waals surface area contributed by atoms with Crippen LogP contribution in [0.25, 0.3) is 0 Å². The number of ketones is 2. The van der Waals surface area contributed by atoms with E-state index in [1.165, 1.54) is 31.6 Å². The summed E-state index contributed by atoms with van der Waals surface area (Å²) in [7, 11) is 1.48. The number of halogens is 1. The maximum absolute atomic E-state index is 12.4. The first kappa shape index (κ1) is 35.6. The minimum absolute atomic E-state index is 0.0585. The van der Waals surface area contributed by atoms with Crippen LogP contribution in [0.15, 0.2) is 97.5 Å². The largest absolute Gasteiger partial charge is 0.493 e. The molecule has 49 heavy (non-hydrogen) atoms. The average molecular weight is 685 g/mol. The lowest BCUT2D eigenvalue weighted by Crippen LogP contribution is -2.21. The van der Waals surface area contributed by atoms with Gasteiger partial charge in [0.2, 0.25) is 0 Å². The number of carbonyl (C=O) groups excluding carboxylic acids is 2. The van der Waals surface area contributed by atoms with Gasteiger partial charge in [-0.15, -0.1) is 0 Å². The minimum Gasteiger partial charge on any atom is -0.493 e. The Labute approximate surface area is 284 Å². The molecule has 6 rings (SSSR count). The summed E-state index contributed by atoms with van der Waals surface area (Å²) < 4.78 is 10.8. The van der Waals surface area contributed by atoms with E-state index in [1.807, 2.05) is 30.3 Å². The summed E-state index contributed by atoms with van der Waals surface area (Å²) in [5.74, 6) is -2.77. The number of imidazole rings is 1. The summed E-state index contributed by atoms with van der Waals surface area (Å²) in [5, 5.41) is 26.2. The van der Waals surface area contributed by atoms with Gasteiger partial charge in [-0.05, 0) is 42.3 Å². The molecule has 0 amide bonds. The van der Waals surface area contributed by atoms with Gasteiger partial charge >= 0.3 is 17.9 Å². The number of hydrogen-bond acceptors (Lipinski definition) is 8. The van der Waals surface area contributed by atoms with Crippen LogP contribution < -0.4 is 9.47 Å². The molecular weight excluding hydrogens is 656 g/mol. The summed E-state index contributed by atoms with van der Waals surface area (Å²) >= 11 is 5.85. The number of benzene rings is 4. The quantitative estimate of drug-likeness (QED) is 0.135. The third kappa shape index (κ3) is 9.18. The van der Waals surface area contributed by atoms with Crippen LogP contribution in [-0.2, 0) is 17.8 Å². The Morgan fingerprint density at radius 3 is 1.96 bits per heavy atom. The van der Waals surface area contributed by atoms with Gasteiger partial charge in [0.15, 0.2) is 23.1 Å². The van der Waals surface area contributed by atoms with Crippen LogP contribution in [-0.4, -0.2) is 61.9 Å². The predicted octanol–water partition coefficient (Wildman–Crippen LogP) is 6.21. The molecule has 0 fully saturated rings. The van der Waals surface area contributed by atoms with Gasteiger partial charge in [0.05, 0.1) is 36.0 Å². The van der Waals surface area contributed by atoms with E-state index in [-0.39, 0.29) is 50.8 Å². The number of nitrogens with zero attached hydrogens (tertiary/aromatic N) is 1. The SMILES string of the molecule is COc1cc(C(=O)O)ccc1OCc1ccccc1.O=C(O)CCc1cnc[nH]1.O=C(O)c1cc2c(cc1Cl)C(=O)c1ccccc1C2=O. The molecule has 4 aromatic carbocycles. The highest BCUT2D eigenvalue weighted by atomic mass is 35.5. The van der Waals surface area contributed by atoms with E-state index in [0.717, 1.165) is 17.3 Å². The molecule has 0 saturated heterocycles. The number of rotatable bonds is 9. The minimum atomic E-state index is -1.24. The van der Waals surface area contributed by atoms with E-state index >= 15 is 0 Å². The molecule has 5 aromatic rings. The summed E-state index contributed by atoms with van der Waals surface area (Å²) in [6, 6.07) is 23.1. The standard InChI is InChI=1S/C15H7ClO4.C15H14O4.C6H8N2O2/c16-12-6-10-9(5-11(12)15(19)20)13(17)7-3-1-2-4-8(7)14(10)18;1-18-14-9-12(15(16)17)7-8-13(14)19-10-11-5-3-2-4-6-11;9-6(10)2-1-5-3-7-4-8-5/h1-6H,(H,19,20);2-9H,10H2,1H3,(H,16,17);3-4H,1-2H2,(H,7,8)(H,9,10). The number of fused-ring (bicyclic) bond motifs is 2. The number of carboxylic acids is 3. The van der Waals surface area contributed by atoms with Gasteiger partial charge in [-0.1, -0.05) is 66.2 Å². The molecule has 0 radical (unpaired) electrons. The van der Waals surface area contributed by atoms with Gasteiger partial charge in [-0.25, -0.2) is 14.6 Å². The Morgan fingerprint density at radius 2 is 1.41 bits per heavy atom. The normalized spacial score (nSPS) is 11.1. The van der Waals surface area contributed by atoms with Crippen molar-refractivity contribution in [1.29, 1.82) is 0 Å². The molecule has 4 N–H and O–H groups in total. The number of aromatic amines is 1. The van der Waals surface area contributed by atoms with Crippen molar-refractivity contribution in [2.45, 2.75) is 19.4 Å². The number of carboxylic acid groups (broad SMARTS) is 3.